The van der Waals surface area contributed by atoms with Gasteiger partial charge >= 0.3 is 0 Å². The molecule has 0 amide bonds. The molecule has 6 heteroatoms. The lowest BCUT2D eigenvalue weighted by Gasteiger charge is -2.09. The second kappa shape index (κ2) is 5.13. The number of nitrogens with one attached hydrogen (secondary N) is 2. The summed E-state index contributed by atoms with van der Waals surface area (Å²) in [6, 6.07) is 6.58. The van der Waals surface area contributed by atoms with Crippen LogP contribution >= 0.6 is 15.9 Å². The number of halogens is 1. The van der Waals surface area contributed by atoms with Gasteiger partial charge in [0.25, 0.3) is 0 Å². The molecule has 0 atom stereocenters. The Labute approximate surface area is 120 Å². The van der Waals surface area contributed by atoms with Crippen molar-refractivity contribution in [3.05, 3.63) is 34.4 Å². The van der Waals surface area contributed by atoms with E-state index in [1.54, 1.807) is 6.20 Å². The third-order valence-electron chi connectivity index (χ3n) is 2.92. The third-order valence-corrected chi connectivity index (χ3v) is 3.41. The number of aryl methyl sites for hydroxylation is 1. The van der Waals surface area contributed by atoms with E-state index in [4.69, 9.17) is 0 Å². The first-order valence-electron chi connectivity index (χ1n) is 6.20. The number of benzene rings is 1. The summed E-state index contributed by atoms with van der Waals surface area (Å²) in [5.41, 5.74) is 2.16. The van der Waals surface area contributed by atoms with Crippen LogP contribution in [0.25, 0.3) is 0 Å². The normalized spacial score (nSPS) is 14.2. The molecule has 98 valence electrons. The van der Waals surface area contributed by atoms with Gasteiger partial charge in [-0.25, -0.2) is 0 Å². The lowest BCUT2D eigenvalue weighted by Crippen LogP contribution is -2.08. The number of rotatable bonds is 4. The van der Waals surface area contributed by atoms with Gasteiger partial charge in [-0.1, -0.05) is 15.9 Å². The maximum absolute atomic E-state index is 4.40. The van der Waals surface area contributed by atoms with E-state index in [0.717, 1.165) is 15.7 Å². The van der Waals surface area contributed by atoms with Gasteiger partial charge in [0.15, 0.2) is 5.82 Å². The summed E-state index contributed by atoms with van der Waals surface area (Å²) >= 11 is 3.45. The first kappa shape index (κ1) is 12.3. The van der Waals surface area contributed by atoms with Gasteiger partial charge < -0.3 is 10.6 Å². The molecule has 5 nitrogen and oxygen atoms in total. The molecule has 1 fully saturated rings. The molecule has 1 aliphatic carbocycles. The lowest BCUT2D eigenvalue weighted by molar-refractivity contribution is 0.947. The monoisotopic (exact) mass is 319 g/mol. The Balaban J connectivity index is 1.78. The Kier molecular flexibility index (Phi) is 3.33. The predicted octanol–water partition coefficient (Wildman–Crippen LogP) is 3.26. The summed E-state index contributed by atoms with van der Waals surface area (Å²) in [6.07, 6.45) is 4.00. The minimum Gasteiger partial charge on any atom is -0.350 e. The van der Waals surface area contributed by atoms with Gasteiger partial charge in [0, 0.05) is 16.2 Å². The molecular formula is C13H14BrN5. The minimum atomic E-state index is 0.520. The molecule has 3 rings (SSSR count). The number of nitrogens with zero attached hydrogens (tertiary/aromatic N) is 3. The molecule has 1 heterocycles. The van der Waals surface area contributed by atoms with Crippen molar-refractivity contribution in [2.24, 2.45) is 0 Å². The van der Waals surface area contributed by atoms with Crippen LogP contribution in [0.2, 0.25) is 0 Å². The zero-order chi connectivity index (χ0) is 13.2. The fourth-order valence-corrected chi connectivity index (χ4v) is 2.22. The largest absolute Gasteiger partial charge is 0.350 e. The average Bonchev–Trinajstić information content (AvgIpc) is 3.17. The molecule has 0 bridgehead atoms. The van der Waals surface area contributed by atoms with Crippen molar-refractivity contribution in [3.8, 4) is 0 Å². The Bertz CT molecular complexity index is 597. The fraction of sp³-hybridized carbons (Fsp3) is 0.308. The third kappa shape index (κ3) is 3.20. The Morgan fingerprint density at radius 3 is 2.89 bits per heavy atom. The van der Waals surface area contributed by atoms with E-state index in [-0.39, 0.29) is 0 Å². The molecule has 0 saturated heterocycles. The minimum absolute atomic E-state index is 0.520. The summed E-state index contributed by atoms with van der Waals surface area (Å²) in [7, 11) is 0. The van der Waals surface area contributed by atoms with Crippen molar-refractivity contribution < 1.29 is 0 Å². The van der Waals surface area contributed by atoms with Crippen LogP contribution in [0.15, 0.2) is 28.9 Å². The van der Waals surface area contributed by atoms with Gasteiger partial charge in [-0.3, -0.25) is 0 Å². The van der Waals surface area contributed by atoms with Crippen LogP contribution in [0.3, 0.4) is 0 Å². The maximum Gasteiger partial charge on any atom is 0.244 e. The topological polar surface area (TPSA) is 62.7 Å². The van der Waals surface area contributed by atoms with E-state index in [0.29, 0.717) is 17.8 Å². The molecule has 0 radical (unpaired) electrons. The van der Waals surface area contributed by atoms with Crippen LogP contribution in [0.5, 0.6) is 0 Å². The molecule has 19 heavy (non-hydrogen) atoms. The highest BCUT2D eigenvalue weighted by Gasteiger charge is 2.22. The van der Waals surface area contributed by atoms with Crippen LogP contribution < -0.4 is 10.6 Å². The molecule has 2 N–H and O–H groups in total. The van der Waals surface area contributed by atoms with Crippen molar-refractivity contribution in [1.29, 1.82) is 0 Å². The Morgan fingerprint density at radius 2 is 2.16 bits per heavy atom. The second-order valence-corrected chi connectivity index (χ2v) is 5.58. The second-order valence-electron chi connectivity index (χ2n) is 4.67. The smallest absolute Gasteiger partial charge is 0.244 e. The average molecular weight is 320 g/mol. The van der Waals surface area contributed by atoms with E-state index in [9.17, 15) is 0 Å². The Morgan fingerprint density at radius 1 is 1.32 bits per heavy atom. The molecule has 1 saturated carbocycles. The highest BCUT2D eigenvalue weighted by molar-refractivity contribution is 9.10. The molecule has 1 aliphatic rings. The van der Waals surface area contributed by atoms with Gasteiger partial charge in [0.2, 0.25) is 5.95 Å². The summed E-state index contributed by atoms with van der Waals surface area (Å²) in [5.74, 6) is 1.28. The van der Waals surface area contributed by atoms with Crippen LogP contribution in [0, 0.1) is 6.92 Å². The quantitative estimate of drug-likeness (QED) is 0.905. The van der Waals surface area contributed by atoms with Gasteiger partial charge in [-0.2, -0.15) is 10.1 Å². The summed E-state index contributed by atoms with van der Waals surface area (Å²) in [4.78, 5) is 4.40. The molecule has 1 aromatic carbocycles. The van der Waals surface area contributed by atoms with Gasteiger partial charge in [0.1, 0.15) is 0 Å². The fourth-order valence-electron chi connectivity index (χ4n) is 1.74. The highest BCUT2D eigenvalue weighted by atomic mass is 79.9. The molecule has 0 spiro atoms. The number of aromatic nitrogens is 3. The van der Waals surface area contributed by atoms with Gasteiger partial charge in [0.05, 0.1) is 6.20 Å². The van der Waals surface area contributed by atoms with Crippen LogP contribution in [0.4, 0.5) is 17.5 Å². The molecule has 0 aliphatic heterocycles. The Hall–Kier alpha value is -1.69. The zero-order valence-electron chi connectivity index (χ0n) is 10.5. The maximum atomic E-state index is 4.40. The first-order valence-corrected chi connectivity index (χ1v) is 6.99. The predicted molar refractivity (Wildman–Crippen MR) is 78.6 cm³/mol. The van der Waals surface area contributed by atoms with Crippen LogP contribution in [0.1, 0.15) is 18.4 Å². The summed E-state index contributed by atoms with van der Waals surface area (Å²) in [5, 5.41) is 14.4. The summed E-state index contributed by atoms with van der Waals surface area (Å²) in [6.45, 7) is 2.05. The van der Waals surface area contributed by atoms with E-state index in [2.05, 4.69) is 47.8 Å². The number of hydrogen-bond donors (Lipinski definition) is 2. The van der Waals surface area contributed by atoms with E-state index in [1.807, 2.05) is 19.1 Å². The van der Waals surface area contributed by atoms with Crippen LogP contribution in [-0.2, 0) is 0 Å². The van der Waals surface area contributed by atoms with E-state index < -0.39 is 0 Å². The lowest BCUT2D eigenvalue weighted by atomic mass is 10.2. The van der Waals surface area contributed by atoms with E-state index in [1.165, 1.54) is 12.8 Å². The van der Waals surface area contributed by atoms with E-state index >= 15 is 0 Å². The standard InChI is InChI=1S/C13H14BrN5/c1-8-6-9(14)2-5-11(8)17-12-7-15-19-13(18-12)16-10-3-4-10/h2,5-7,10H,3-4H2,1H3,(H2,16,17,18,19). The number of anilines is 3. The van der Waals surface area contributed by atoms with Crippen molar-refractivity contribution in [2.75, 3.05) is 10.6 Å². The molecule has 2 aromatic rings. The van der Waals surface area contributed by atoms with Crippen molar-refractivity contribution >= 4 is 33.4 Å². The molecule has 0 unspecified atom stereocenters. The molecule has 1 aromatic heterocycles. The van der Waals surface area contributed by atoms with Gasteiger partial charge in [-0.05, 0) is 43.5 Å². The van der Waals surface area contributed by atoms with Crippen molar-refractivity contribution in [1.82, 2.24) is 15.2 Å². The van der Waals surface area contributed by atoms with Crippen molar-refractivity contribution in [3.63, 3.8) is 0 Å². The van der Waals surface area contributed by atoms with Crippen LogP contribution in [-0.4, -0.2) is 21.2 Å². The van der Waals surface area contributed by atoms with Gasteiger partial charge in [-0.15, -0.1) is 5.10 Å². The summed E-state index contributed by atoms with van der Waals surface area (Å²) < 4.78 is 1.06. The first-order chi connectivity index (χ1) is 9.20. The zero-order valence-corrected chi connectivity index (χ0v) is 12.1. The highest BCUT2D eigenvalue weighted by Crippen LogP contribution is 2.25. The number of hydrogen-bond acceptors (Lipinski definition) is 5. The SMILES string of the molecule is Cc1cc(Br)ccc1Nc1cnnc(NC2CC2)n1. The molecular weight excluding hydrogens is 306 g/mol. The van der Waals surface area contributed by atoms with Crippen molar-refractivity contribution in [2.45, 2.75) is 25.8 Å².